The highest BCUT2D eigenvalue weighted by Gasteiger charge is 2.32. The van der Waals surface area contributed by atoms with Gasteiger partial charge in [-0.3, -0.25) is 9.59 Å². The van der Waals surface area contributed by atoms with Gasteiger partial charge in [0.1, 0.15) is 4.70 Å². The maximum Gasteiger partial charge on any atom is 0.277 e. The molecule has 1 amide bonds. The lowest BCUT2D eigenvalue weighted by Gasteiger charge is -2.34. The first kappa shape index (κ1) is 18.4. The van der Waals surface area contributed by atoms with Crippen molar-refractivity contribution in [2.75, 3.05) is 18.0 Å². The van der Waals surface area contributed by atoms with Crippen molar-refractivity contribution >= 4 is 33.4 Å². The number of thiophene rings is 1. The largest absolute Gasteiger partial charge is 0.353 e. The lowest BCUT2D eigenvalue weighted by molar-refractivity contribution is -0.125. The minimum Gasteiger partial charge on any atom is -0.353 e. The third kappa shape index (κ3) is 3.55. The zero-order chi connectivity index (χ0) is 20.0. The molecular weight excluding hydrogens is 384 g/mol. The average molecular weight is 409 g/mol. The molecule has 1 saturated heterocycles. The van der Waals surface area contributed by atoms with Gasteiger partial charge in [0.15, 0.2) is 0 Å². The molecule has 2 fully saturated rings. The molecule has 5 rings (SSSR count). The van der Waals surface area contributed by atoms with Crippen molar-refractivity contribution in [2.45, 2.75) is 38.6 Å². The molecule has 3 aromatic rings. The molecule has 3 heterocycles. The van der Waals surface area contributed by atoms with Crippen molar-refractivity contribution in [3.05, 3.63) is 51.6 Å². The van der Waals surface area contributed by atoms with Gasteiger partial charge in [-0.05, 0) is 56.2 Å². The number of aryl methyl sites for hydroxylation is 1. The van der Waals surface area contributed by atoms with E-state index in [1.807, 2.05) is 42.6 Å². The molecule has 1 aromatic carbocycles. The van der Waals surface area contributed by atoms with Crippen molar-refractivity contribution in [3.8, 4) is 5.69 Å². The van der Waals surface area contributed by atoms with Crippen molar-refractivity contribution < 1.29 is 4.79 Å². The van der Waals surface area contributed by atoms with E-state index in [4.69, 9.17) is 4.98 Å². The predicted octanol–water partition coefficient (Wildman–Crippen LogP) is 3.25. The SMILES string of the molecule is Cc1ccc(-n2c(N3CCCC(C(=O)NC4CC4)C3)nc3ccsc3c2=O)cc1. The van der Waals surface area contributed by atoms with Gasteiger partial charge in [0.2, 0.25) is 11.9 Å². The van der Waals surface area contributed by atoms with Crippen LogP contribution >= 0.6 is 11.3 Å². The smallest absolute Gasteiger partial charge is 0.277 e. The molecule has 0 spiro atoms. The van der Waals surface area contributed by atoms with Crippen molar-refractivity contribution in [3.63, 3.8) is 0 Å². The van der Waals surface area contributed by atoms with Gasteiger partial charge in [-0.1, -0.05) is 17.7 Å². The number of nitrogens with one attached hydrogen (secondary N) is 1. The van der Waals surface area contributed by atoms with Crippen LogP contribution in [-0.4, -0.2) is 34.6 Å². The van der Waals surface area contributed by atoms with E-state index in [0.717, 1.165) is 49.0 Å². The third-order valence-electron chi connectivity index (χ3n) is 5.75. The second kappa shape index (κ2) is 7.30. The maximum absolute atomic E-state index is 13.3. The van der Waals surface area contributed by atoms with Crippen LogP contribution in [0, 0.1) is 12.8 Å². The van der Waals surface area contributed by atoms with E-state index in [2.05, 4.69) is 10.2 Å². The van der Waals surface area contributed by atoms with Gasteiger partial charge in [0.25, 0.3) is 5.56 Å². The van der Waals surface area contributed by atoms with Crippen molar-refractivity contribution in [1.29, 1.82) is 0 Å². The van der Waals surface area contributed by atoms with E-state index in [1.54, 1.807) is 4.57 Å². The van der Waals surface area contributed by atoms with Gasteiger partial charge in [-0.2, -0.15) is 0 Å². The van der Waals surface area contributed by atoms with E-state index in [-0.39, 0.29) is 17.4 Å². The van der Waals surface area contributed by atoms with E-state index in [1.165, 1.54) is 11.3 Å². The summed E-state index contributed by atoms with van der Waals surface area (Å²) in [5.74, 6) is 0.706. The topological polar surface area (TPSA) is 67.2 Å². The van der Waals surface area contributed by atoms with Crippen molar-refractivity contribution in [2.24, 2.45) is 5.92 Å². The Kier molecular flexibility index (Phi) is 4.62. The zero-order valence-corrected chi connectivity index (χ0v) is 17.2. The third-order valence-corrected chi connectivity index (χ3v) is 6.64. The van der Waals surface area contributed by atoms with Crippen LogP contribution in [0.25, 0.3) is 15.9 Å². The monoisotopic (exact) mass is 408 g/mol. The highest BCUT2D eigenvalue weighted by molar-refractivity contribution is 7.17. The van der Waals surface area contributed by atoms with Crippen LogP contribution in [0.15, 0.2) is 40.5 Å². The number of carbonyl (C=O) groups is 1. The molecule has 1 saturated carbocycles. The number of aromatic nitrogens is 2. The first-order valence-electron chi connectivity index (χ1n) is 10.2. The van der Waals surface area contributed by atoms with E-state index >= 15 is 0 Å². The molecule has 1 aliphatic carbocycles. The molecule has 2 aliphatic rings. The van der Waals surface area contributed by atoms with Crippen LogP contribution in [0.4, 0.5) is 5.95 Å². The van der Waals surface area contributed by atoms with Crippen LogP contribution in [0.3, 0.4) is 0 Å². The van der Waals surface area contributed by atoms with Gasteiger partial charge < -0.3 is 10.2 Å². The second-order valence-corrected chi connectivity index (χ2v) is 9.01. The number of anilines is 1. The summed E-state index contributed by atoms with van der Waals surface area (Å²) in [6.45, 7) is 3.41. The fourth-order valence-corrected chi connectivity index (χ4v) is 4.72. The van der Waals surface area contributed by atoms with E-state index < -0.39 is 0 Å². The molecule has 29 heavy (non-hydrogen) atoms. The minimum absolute atomic E-state index is 0.0478. The quantitative estimate of drug-likeness (QED) is 0.720. The number of fused-ring (bicyclic) bond motifs is 1. The Morgan fingerprint density at radius 1 is 1.17 bits per heavy atom. The Morgan fingerprint density at radius 3 is 2.72 bits per heavy atom. The zero-order valence-electron chi connectivity index (χ0n) is 16.4. The summed E-state index contributed by atoms with van der Waals surface area (Å²) in [6, 6.07) is 10.2. The number of carbonyl (C=O) groups excluding carboxylic acids is 1. The molecule has 150 valence electrons. The second-order valence-electron chi connectivity index (χ2n) is 8.09. The molecule has 0 bridgehead atoms. The molecule has 1 aliphatic heterocycles. The Hall–Kier alpha value is -2.67. The van der Waals surface area contributed by atoms with Gasteiger partial charge in [-0.25, -0.2) is 9.55 Å². The molecule has 1 unspecified atom stereocenters. The highest BCUT2D eigenvalue weighted by Crippen LogP contribution is 2.27. The maximum atomic E-state index is 13.3. The minimum atomic E-state index is -0.0640. The average Bonchev–Trinajstić information content (AvgIpc) is 3.41. The fraction of sp³-hybridized carbons (Fsp3) is 0.409. The summed E-state index contributed by atoms with van der Waals surface area (Å²) in [4.78, 5) is 32.9. The summed E-state index contributed by atoms with van der Waals surface area (Å²) in [7, 11) is 0. The Labute approximate surface area is 173 Å². The fourth-order valence-electron chi connectivity index (χ4n) is 3.96. The van der Waals surface area contributed by atoms with E-state index in [9.17, 15) is 9.59 Å². The standard InChI is InChI=1S/C22H24N4O2S/c1-14-4-8-17(9-5-14)26-21(28)19-18(10-12-29-19)24-22(26)25-11-2-3-15(13-25)20(27)23-16-6-7-16/h4-5,8-10,12,15-16H,2-3,6-7,11,13H2,1H3,(H,23,27). The number of rotatable bonds is 4. The van der Waals surface area contributed by atoms with E-state index in [0.29, 0.717) is 23.2 Å². The van der Waals surface area contributed by atoms with Crippen LogP contribution in [0.5, 0.6) is 0 Å². The van der Waals surface area contributed by atoms with Gasteiger partial charge in [-0.15, -0.1) is 11.3 Å². The number of benzene rings is 1. The Balaban J connectivity index is 1.56. The number of hydrogen-bond acceptors (Lipinski definition) is 5. The molecule has 7 heteroatoms. The van der Waals surface area contributed by atoms with Crippen molar-refractivity contribution in [1.82, 2.24) is 14.9 Å². The summed E-state index contributed by atoms with van der Waals surface area (Å²) < 4.78 is 2.37. The molecule has 6 nitrogen and oxygen atoms in total. The van der Waals surface area contributed by atoms with Crippen LogP contribution < -0.4 is 15.8 Å². The van der Waals surface area contributed by atoms with Crippen LogP contribution in [-0.2, 0) is 4.79 Å². The lowest BCUT2D eigenvalue weighted by atomic mass is 9.97. The number of hydrogen-bond donors (Lipinski definition) is 1. The molecule has 1 atom stereocenters. The lowest BCUT2D eigenvalue weighted by Crippen LogP contribution is -2.45. The first-order chi connectivity index (χ1) is 14.1. The molecular formula is C22H24N4O2S. The molecule has 0 radical (unpaired) electrons. The summed E-state index contributed by atoms with van der Waals surface area (Å²) in [5, 5.41) is 5.04. The van der Waals surface area contributed by atoms with Gasteiger partial charge >= 0.3 is 0 Å². The number of nitrogens with zero attached hydrogens (tertiary/aromatic N) is 3. The molecule has 1 N–H and O–H groups in total. The number of piperidine rings is 1. The number of amides is 1. The molecule has 2 aromatic heterocycles. The predicted molar refractivity (Wildman–Crippen MR) is 116 cm³/mol. The summed E-state index contributed by atoms with van der Waals surface area (Å²) in [6.07, 6.45) is 3.97. The van der Waals surface area contributed by atoms with Crippen LogP contribution in [0.2, 0.25) is 0 Å². The van der Waals surface area contributed by atoms with Crippen LogP contribution in [0.1, 0.15) is 31.2 Å². The summed E-state index contributed by atoms with van der Waals surface area (Å²) in [5.41, 5.74) is 2.63. The highest BCUT2D eigenvalue weighted by atomic mass is 32.1. The normalized spacial score (nSPS) is 19.5. The Morgan fingerprint density at radius 2 is 1.97 bits per heavy atom. The van der Waals surface area contributed by atoms with Gasteiger partial charge in [0.05, 0.1) is 17.1 Å². The Bertz CT molecular complexity index is 1110. The van der Waals surface area contributed by atoms with Gasteiger partial charge in [0, 0.05) is 19.1 Å². The summed E-state index contributed by atoms with van der Waals surface area (Å²) >= 11 is 1.42. The first-order valence-corrected chi connectivity index (χ1v) is 11.1.